The molecule has 0 spiro atoms. The summed E-state index contributed by atoms with van der Waals surface area (Å²) in [5.41, 5.74) is 9.03. The van der Waals surface area contributed by atoms with Gasteiger partial charge in [0, 0.05) is 24.2 Å². The van der Waals surface area contributed by atoms with Gasteiger partial charge in [-0.15, -0.1) is 0 Å². The number of carboxylic acids is 1. The van der Waals surface area contributed by atoms with E-state index in [1.807, 2.05) is 18.2 Å². The second-order valence-electron chi connectivity index (χ2n) is 8.91. The molecule has 1 atom stereocenters. The number of nitrogens with one attached hydrogen (secondary N) is 3. The van der Waals surface area contributed by atoms with Crippen molar-refractivity contribution in [1.29, 1.82) is 0 Å². The Morgan fingerprint density at radius 3 is 2.45 bits per heavy atom. The van der Waals surface area contributed by atoms with E-state index in [4.69, 9.17) is 15.6 Å². The number of nitrogens with two attached hydrogens (primary N) is 1. The standard InChI is InChI=1S/C28H28N4O6/c29-23-14-22-25(27(36)32-23)20(15-30-22)11-8-17-6-9-19(10-7-17)26(35)31-21(12-13-24(33)34)28(37)38-16-18-4-2-1-3-5-18/h1-7,9-10,14-15,21,30H,8,11-13,16H2,(H,31,35)(H,33,34)(H3,29,32,36)/t21-/m0/s1. The van der Waals surface area contributed by atoms with Crippen molar-refractivity contribution >= 4 is 34.6 Å². The van der Waals surface area contributed by atoms with Crippen molar-refractivity contribution in [2.75, 3.05) is 5.73 Å². The lowest BCUT2D eigenvalue weighted by molar-refractivity contribution is -0.147. The lowest BCUT2D eigenvalue weighted by atomic mass is 10.0. The predicted octanol–water partition coefficient (Wildman–Crippen LogP) is 2.93. The Labute approximate surface area is 217 Å². The summed E-state index contributed by atoms with van der Waals surface area (Å²) in [6.07, 6.45) is 2.62. The maximum absolute atomic E-state index is 12.8. The maximum atomic E-state index is 12.8. The Hall–Kier alpha value is -4.86. The van der Waals surface area contributed by atoms with E-state index in [-0.39, 0.29) is 25.0 Å². The number of benzene rings is 2. The molecule has 0 radical (unpaired) electrons. The van der Waals surface area contributed by atoms with Crippen LogP contribution in [0.15, 0.2) is 71.7 Å². The van der Waals surface area contributed by atoms with Crippen LogP contribution in [0.4, 0.5) is 5.82 Å². The Kier molecular flexibility index (Phi) is 8.22. The molecule has 0 bridgehead atoms. The number of aryl methyl sites for hydroxylation is 2. The first-order chi connectivity index (χ1) is 18.3. The number of hydrogen-bond donors (Lipinski definition) is 5. The van der Waals surface area contributed by atoms with Gasteiger partial charge in [-0.3, -0.25) is 14.4 Å². The normalized spacial score (nSPS) is 11.7. The van der Waals surface area contributed by atoms with Crippen LogP contribution in [0.2, 0.25) is 0 Å². The smallest absolute Gasteiger partial charge is 0.328 e. The molecule has 0 aliphatic heterocycles. The molecule has 4 rings (SSSR count). The quantitative estimate of drug-likeness (QED) is 0.191. The van der Waals surface area contributed by atoms with E-state index in [0.29, 0.717) is 35.1 Å². The van der Waals surface area contributed by atoms with Gasteiger partial charge in [0.05, 0.1) is 10.9 Å². The van der Waals surface area contributed by atoms with Gasteiger partial charge in [-0.2, -0.15) is 0 Å². The number of aromatic amines is 2. The highest BCUT2D eigenvalue weighted by Crippen LogP contribution is 2.18. The van der Waals surface area contributed by atoms with Gasteiger partial charge in [0.15, 0.2) is 0 Å². The summed E-state index contributed by atoms with van der Waals surface area (Å²) in [5.74, 6) is -2.00. The lowest BCUT2D eigenvalue weighted by Gasteiger charge is -2.17. The predicted molar refractivity (Wildman–Crippen MR) is 142 cm³/mol. The van der Waals surface area contributed by atoms with E-state index in [9.17, 15) is 19.2 Å². The molecule has 38 heavy (non-hydrogen) atoms. The van der Waals surface area contributed by atoms with Gasteiger partial charge < -0.3 is 30.9 Å². The molecule has 2 aromatic carbocycles. The molecular weight excluding hydrogens is 488 g/mol. The molecule has 196 valence electrons. The van der Waals surface area contributed by atoms with Crippen LogP contribution < -0.4 is 16.6 Å². The Balaban J connectivity index is 1.37. The number of ether oxygens (including phenoxy) is 1. The summed E-state index contributed by atoms with van der Waals surface area (Å²) in [6.45, 7) is 0.0174. The number of carboxylic acid groups (broad SMARTS) is 1. The molecule has 0 aliphatic rings. The van der Waals surface area contributed by atoms with Gasteiger partial charge >= 0.3 is 11.9 Å². The Bertz CT molecular complexity index is 1490. The van der Waals surface area contributed by atoms with E-state index in [1.165, 1.54) is 0 Å². The third kappa shape index (κ3) is 6.67. The van der Waals surface area contributed by atoms with Crippen LogP contribution in [0.25, 0.3) is 10.9 Å². The fourth-order valence-electron chi connectivity index (χ4n) is 4.14. The third-order valence-corrected chi connectivity index (χ3v) is 6.14. The molecule has 2 aromatic heterocycles. The fourth-order valence-corrected chi connectivity index (χ4v) is 4.14. The van der Waals surface area contributed by atoms with Crippen molar-refractivity contribution in [2.24, 2.45) is 0 Å². The van der Waals surface area contributed by atoms with E-state index < -0.39 is 23.9 Å². The van der Waals surface area contributed by atoms with Crippen LogP contribution in [0.5, 0.6) is 0 Å². The largest absolute Gasteiger partial charge is 0.481 e. The average Bonchev–Trinajstić information content (AvgIpc) is 3.32. The number of nitrogen functional groups attached to an aromatic ring is 1. The summed E-state index contributed by atoms with van der Waals surface area (Å²) in [5, 5.41) is 12.2. The number of pyridine rings is 1. The van der Waals surface area contributed by atoms with Gasteiger partial charge in [-0.05, 0) is 48.1 Å². The number of amides is 1. The number of aromatic nitrogens is 2. The molecule has 6 N–H and O–H groups in total. The second kappa shape index (κ2) is 11.9. The van der Waals surface area contributed by atoms with Gasteiger partial charge in [0.25, 0.3) is 11.5 Å². The number of rotatable bonds is 11. The summed E-state index contributed by atoms with van der Waals surface area (Å²) in [6, 6.07) is 16.5. The zero-order valence-corrected chi connectivity index (χ0v) is 20.5. The van der Waals surface area contributed by atoms with Crippen LogP contribution in [-0.4, -0.2) is 39.0 Å². The summed E-state index contributed by atoms with van der Waals surface area (Å²) in [7, 11) is 0. The molecular formula is C28H28N4O6. The first-order valence-electron chi connectivity index (χ1n) is 12.1. The van der Waals surface area contributed by atoms with Crippen LogP contribution in [0.3, 0.4) is 0 Å². The molecule has 0 fully saturated rings. The minimum Gasteiger partial charge on any atom is -0.481 e. The van der Waals surface area contributed by atoms with Gasteiger partial charge in [0.1, 0.15) is 18.5 Å². The highest BCUT2D eigenvalue weighted by atomic mass is 16.5. The highest BCUT2D eigenvalue weighted by Gasteiger charge is 2.24. The number of hydrogen-bond acceptors (Lipinski definition) is 6. The van der Waals surface area contributed by atoms with Crippen molar-refractivity contribution in [3.05, 3.63) is 99.5 Å². The molecule has 2 heterocycles. The third-order valence-electron chi connectivity index (χ3n) is 6.14. The molecule has 0 saturated heterocycles. The van der Waals surface area contributed by atoms with Crippen molar-refractivity contribution in [3.63, 3.8) is 0 Å². The van der Waals surface area contributed by atoms with Gasteiger partial charge in [-0.1, -0.05) is 42.5 Å². The fraction of sp³-hybridized carbons (Fsp3) is 0.214. The van der Waals surface area contributed by atoms with Crippen LogP contribution in [-0.2, 0) is 33.8 Å². The van der Waals surface area contributed by atoms with E-state index >= 15 is 0 Å². The number of carbonyl (C=O) groups is 3. The first-order valence-corrected chi connectivity index (χ1v) is 12.1. The number of anilines is 1. The number of H-pyrrole nitrogens is 2. The number of aliphatic carboxylic acids is 1. The number of esters is 1. The number of carbonyl (C=O) groups excluding carboxylic acids is 2. The van der Waals surface area contributed by atoms with E-state index in [1.54, 1.807) is 48.7 Å². The maximum Gasteiger partial charge on any atom is 0.328 e. The van der Waals surface area contributed by atoms with Crippen LogP contribution in [0.1, 0.15) is 39.9 Å². The highest BCUT2D eigenvalue weighted by molar-refractivity contribution is 5.97. The Morgan fingerprint density at radius 2 is 1.74 bits per heavy atom. The summed E-state index contributed by atoms with van der Waals surface area (Å²) in [4.78, 5) is 54.5. The summed E-state index contributed by atoms with van der Waals surface area (Å²) >= 11 is 0. The van der Waals surface area contributed by atoms with Crippen LogP contribution in [0, 0.1) is 0 Å². The molecule has 0 unspecified atom stereocenters. The minimum absolute atomic E-state index is 0.0174. The molecule has 10 heteroatoms. The monoisotopic (exact) mass is 516 g/mol. The molecule has 0 aliphatic carbocycles. The van der Waals surface area contributed by atoms with E-state index in [2.05, 4.69) is 15.3 Å². The van der Waals surface area contributed by atoms with Crippen molar-refractivity contribution in [1.82, 2.24) is 15.3 Å². The van der Waals surface area contributed by atoms with Crippen molar-refractivity contribution in [3.8, 4) is 0 Å². The lowest BCUT2D eigenvalue weighted by Crippen LogP contribution is -2.42. The van der Waals surface area contributed by atoms with E-state index in [0.717, 1.165) is 16.7 Å². The minimum atomic E-state index is -1.10. The zero-order chi connectivity index (χ0) is 27.1. The van der Waals surface area contributed by atoms with Gasteiger partial charge in [-0.25, -0.2) is 4.79 Å². The Morgan fingerprint density at radius 1 is 1.00 bits per heavy atom. The SMILES string of the molecule is Nc1cc2[nH]cc(CCc3ccc(C(=O)N[C@@H](CCC(=O)O)C(=O)OCc4ccccc4)cc3)c2c(=O)[nH]1. The average molecular weight is 517 g/mol. The molecule has 4 aromatic rings. The second-order valence-corrected chi connectivity index (χ2v) is 8.91. The van der Waals surface area contributed by atoms with Crippen molar-refractivity contribution in [2.45, 2.75) is 38.3 Å². The van der Waals surface area contributed by atoms with Gasteiger partial charge in [0.2, 0.25) is 0 Å². The molecule has 0 saturated carbocycles. The molecule has 10 nitrogen and oxygen atoms in total. The van der Waals surface area contributed by atoms with Crippen molar-refractivity contribution < 1.29 is 24.2 Å². The zero-order valence-electron chi connectivity index (χ0n) is 20.5. The molecule has 1 amide bonds. The number of fused-ring (bicyclic) bond motifs is 1. The topological polar surface area (TPSA) is 167 Å². The summed E-state index contributed by atoms with van der Waals surface area (Å²) < 4.78 is 5.31. The first kappa shape index (κ1) is 26.2. The van der Waals surface area contributed by atoms with Crippen LogP contribution >= 0.6 is 0 Å².